The molecule has 0 amide bonds. The van der Waals surface area contributed by atoms with E-state index in [0.29, 0.717) is 22.7 Å². The second kappa shape index (κ2) is 6.54. The van der Waals surface area contributed by atoms with Crippen molar-refractivity contribution in [1.29, 1.82) is 0 Å². The van der Waals surface area contributed by atoms with Gasteiger partial charge in [0, 0.05) is 34.7 Å². The lowest BCUT2D eigenvalue weighted by Crippen LogP contribution is -2.16. The van der Waals surface area contributed by atoms with Crippen molar-refractivity contribution in [3.05, 3.63) is 47.7 Å². The smallest absolute Gasteiger partial charge is 0.221 e. The van der Waals surface area contributed by atoms with Crippen molar-refractivity contribution < 1.29 is 13.5 Å². The summed E-state index contributed by atoms with van der Waals surface area (Å²) in [6.45, 7) is 0. The quantitative estimate of drug-likeness (QED) is 0.932. The fraction of sp³-hybridized carbons (Fsp3) is 0.250. The SMILES string of the molecule is COc1ncccc1-c1cc(C2CCSC(N)=N2)c(F)cc1F. The van der Waals surface area contributed by atoms with E-state index in [4.69, 9.17) is 10.5 Å². The Morgan fingerprint density at radius 1 is 1.26 bits per heavy atom. The molecule has 0 saturated carbocycles. The van der Waals surface area contributed by atoms with Gasteiger partial charge in [-0.3, -0.25) is 4.99 Å². The number of benzene rings is 1. The van der Waals surface area contributed by atoms with Gasteiger partial charge in [-0.1, -0.05) is 11.8 Å². The van der Waals surface area contributed by atoms with Crippen molar-refractivity contribution in [3.63, 3.8) is 0 Å². The number of aliphatic imine (C=N–C) groups is 1. The predicted octanol–water partition coefficient (Wildman–Crippen LogP) is 3.53. The van der Waals surface area contributed by atoms with Crippen LogP contribution in [-0.4, -0.2) is 23.0 Å². The molecule has 0 bridgehead atoms. The van der Waals surface area contributed by atoms with Gasteiger partial charge in [0.1, 0.15) is 11.6 Å². The number of amidine groups is 1. The van der Waals surface area contributed by atoms with Gasteiger partial charge in [-0.15, -0.1) is 0 Å². The number of pyridine rings is 1. The van der Waals surface area contributed by atoms with Gasteiger partial charge in [0.05, 0.1) is 13.2 Å². The monoisotopic (exact) mass is 335 g/mol. The molecule has 120 valence electrons. The molecule has 0 aliphatic carbocycles. The molecule has 2 N–H and O–H groups in total. The second-order valence-electron chi connectivity index (χ2n) is 5.03. The molecule has 7 heteroatoms. The van der Waals surface area contributed by atoms with Gasteiger partial charge in [-0.05, 0) is 24.6 Å². The molecule has 2 aromatic rings. The molecule has 0 spiro atoms. The summed E-state index contributed by atoms with van der Waals surface area (Å²) in [6, 6.07) is 5.30. The highest BCUT2D eigenvalue weighted by atomic mass is 32.2. The largest absolute Gasteiger partial charge is 0.481 e. The molecule has 23 heavy (non-hydrogen) atoms. The van der Waals surface area contributed by atoms with Crippen molar-refractivity contribution >= 4 is 16.9 Å². The first kappa shape index (κ1) is 15.7. The van der Waals surface area contributed by atoms with E-state index in [1.54, 1.807) is 18.3 Å². The maximum Gasteiger partial charge on any atom is 0.221 e. The third-order valence-corrected chi connectivity index (χ3v) is 4.47. The number of hydrogen-bond donors (Lipinski definition) is 1. The van der Waals surface area contributed by atoms with E-state index in [-0.39, 0.29) is 11.4 Å². The first-order chi connectivity index (χ1) is 11.1. The van der Waals surface area contributed by atoms with Crippen molar-refractivity contribution in [2.45, 2.75) is 12.5 Å². The Morgan fingerprint density at radius 3 is 2.83 bits per heavy atom. The number of halogens is 2. The predicted molar refractivity (Wildman–Crippen MR) is 87.6 cm³/mol. The molecule has 0 fully saturated rings. The van der Waals surface area contributed by atoms with Gasteiger partial charge in [0.25, 0.3) is 0 Å². The molecule has 0 radical (unpaired) electrons. The summed E-state index contributed by atoms with van der Waals surface area (Å²) >= 11 is 1.43. The topological polar surface area (TPSA) is 60.5 Å². The van der Waals surface area contributed by atoms with Gasteiger partial charge >= 0.3 is 0 Å². The maximum atomic E-state index is 14.3. The summed E-state index contributed by atoms with van der Waals surface area (Å²) in [5, 5.41) is 0.422. The summed E-state index contributed by atoms with van der Waals surface area (Å²) in [5.41, 5.74) is 6.76. The molecule has 0 saturated heterocycles. The second-order valence-corrected chi connectivity index (χ2v) is 6.15. The molecule has 2 heterocycles. The van der Waals surface area contributed by atoms with Crippen molar-refractivity contribution in [1.82, 2.24) is 4.98 Å². The minimum atomic E-state index is -0.667. The Bertz CT molecular complexity index is 767. The van der Waals surface area contributed by atoms with Gasteiger partial charge < -0.3 is 10.5 Å². The average Bonchev–Trinajstić information content (AvgIpc) is 2.55. The highest BCUT2D eigenvalue weighted by molar-refractivity contribution is 8.13. The lowest BCUT2D eigenvalue weighted by molar-refractivity contribution is 0.399. The van der Waals surface area contributed by atoms with Crippen LogP contribution < -0.4 is 10.5 Å². The first-order valence-corrected chi connectivity index (χ1v) is 8.03. The lowest BCUT2D eigenvalue weighted by atomic mass is 9.97. The van der Waals surface area contributed by atoms with E-state index in [9.17, 15) is 8.78 Å². The fourth-order valence-corrected chi connectivity index (χ4v) is 3.29. The summed E-state index contributed by atoms with van der Waals surface area (Å²) in [5.74, 6) is -0.254. The number of ether oxygens (including phenoxy) is 1. The number of rotatable bonds is 3. The van der Waals surface area contributed by atoms with Crippen LogP contribution in [0.1, 0.15) is 18.0 Å². The van der Waals surface area contributed by atoms with E-state index < -0.39 is 17.7 Å². The van der Waals surface area contributed by atoms with Crippen molar-refractivity contribution in [3.8, 4) is 17.0 Å². The molecule has 4 nitrogen and oxygen atoms in total. The normalized spacial score (nSPS) is 17.7. The number of nitrogens with zero attached hydrogens (tertiary/aromatic N) is 2. The minimum absolute atomic E-state index is 0.235. The lowest BCUT2D eigenvalue weighted by Gasteiger charge is -2.20. The van der Waals surface area contributed by atoms with Crippen LogP contribution in [0.5, 0.6) is 5.88 Å². The third kappa shape index (κ3) is 3.14. The molecule has 1 atom stereocenters. The molecule has 1 aromatic carbocycles. The Hall–Kier alpha value is -2.15. The number of aromatic nitrogens is 1. The van der Waals surface area contributed by atoms with E-state index in [1.165, 1.54) is 24.9 Å². The molecule has 1 unspecified atom stereocenters. The molecule has 1 aliphatic rings. The third-order valence-electron chi connectivity index (χ3n) is 3.62. The average molecular weight is 335 g/mol. The van der Waals surface area contributed by atoms with Crippen molar-refractivity contribution in [2.24, 2.45) is 10.7 Å². The van der Waals surface area contributed by atoms with Crippen LogP contribution in [0.2, 0.25) is 0 Å². The molecular weight excluding hydrogens is 320 g/mol. The number of hydrogen-bond acceptors (Lipinski definition) is 5. The molecular formula is C16H15F2N3OS. The molecule has 3 rings (SSSR count). The highest BCUT2D eigenvalue weighted by Gasteiger charge is 2.23. The van der Waals surface area contributed by atoms with Crippen LogP contribution in [0, 0.1) is 11.6 Å². The van der Waals surface area contributed by atoms with Gasteiger partial charge in [0.2, 0.25) is 5.88 Å². The Kier molecular flexibility index (Phi) is 4.47. The zero-order valence-electron chi connectivity index (χ0n) is 12.4. The van der Waals surface area contributed by atoms with E-state index in [2.05, 4.69) is 9.98 Å². The number of methoxy groups -OCH3 is 1. The zero-order chi connectivity index (χ0) is 16.4. The van der Waals surface area contributed by atoms with Crippen molar-refractivity contribution in [2.75, 3.05) is 12.9 Å². The summed E-state index contributed by atoms with van der Waals surface area (Å²) < 4.78 is 33.7. The Balaban J connectivity index is 2.12. The maximum absolute atomic E-state index is 14.3. The molecule has 1 aromatic heterocycles. The van der Waals surface area contributed by atoms with Gasteiger partial charge in [0.15, 0.2) is 5.17 Å². The molecule has 1 aliphatic heterocycles. The van der Waals surface area contributed by atoms with Gasteiger partial charge in [-0.2, -0.15) is 0 Å². The van der Waals surface area contributed by atoms with E-state index in [1.807, 2.05) is 0 Å². The zero-order valence-corrected chi connectivity index (χ0v) is 13.2. The van der Waals surface area contributed by atoms with Crippen LogP contribution in [0.4, 0.5) is 8.78 Å². The standard InChI is InChI=1S/C16H15F2N3OS/c1-22-15-9(3-2-5-20-15)10-7-11(13(18)8-12(10)17)14-4-6-23-16(19)21-14/h2-3,5,7-8,14H,4,6H2,1H3,(H2,19,21). The number of nitrogens with two attached hydrogens (primary N) is 1. The Labute approximate surface area is 136 Å². The summed E-state index contributed by atoms with van der Waals surface area (Å²) in [6.07, 6.45) is 2.20. The van der Waals surface area contributed by atoms with Crippen LogP contribution in [0.25, 0.3) is 11.1 Å². The Morgan fingerprint density at radius 2 is 2.09 bits per heavy atom. The minimum Gasteiger partial charge on any atom is -0.481 e. The van der Waals surface area contributed by atoms with Crippen LogP contribution >= 0.6 is 11.8 Å². The van der Waals surface area contributed by atoms with Crippen LogP contribution in [0.3, 0.4) is 0 Å². The highest BCUT2D eigenvalue weighted by Crippen LogP contribution is 2.36. The fourth-order valence-electron chi connectivity index (χ4n) is 2.54. The van der Waals surface area contributed by atoms with Gasteiger partial charge in [-0.25, -0.2) is 13.8 Å². The van der Waals surface area contributed by atoms with E-state index >= 15 is 0 Å². The summed E-state index contributed by atoms with van der Waals surface area (Å²) in [7, 11) is 1.46. The van der Waals surface area contributed by atoms with Crippen LogP contribution in [-0.2, 0) is 0 Å². The number of thioether (sulfide) groups is 1. The summed E-state index contributed by atoms with van der Waals surface area (Å²) in [4.78, 5) is 8.33. The van der Waals surface area contributed by atoms with E-state index in [0.717, 1.165) is 11.8 Å². The van der Waals surface area contributed by atoms with Crippen LogP contribution in [0.15, 0.2) is 35.5 Å². The first-order valence-electron chi connectivity index (χ1n) is 7.04.